The lowest BCUT2D eigenvalue weighted by Crippen LogP contribution is -2.63. The summed E-state index contributed by atoms with van der Waals surface area (Å²) in [6.45, 7) is 1.21. The summed E-state index contributed by atoms with van der Waals surface area (Å²) in [7, 11) is 0. The Kier molecular flexibility index (Phi) is 31.7. The summed E-state index contributed by atoms with van der Waals surface area (Å²) in [6, 6.07) is -7.45. The Morgan fingerprint density at radius 3 is 1.64 bits per heavy atom. The number of likely N-dealkylation sites (tertiary alicyclic amines) is 1. The van der Waals surface area contributed by atoms with Gasteiger partial charge in [-0.15, -0.1) is 0 Å². The molecule has 11 amide bonds. The number of carboxylic acids is 1. The fourth-order valence-electron chi connectivity index (χ4n) is 10.7. The van der Waals surface area contributed by atoms with Gasteiger partial charge in [0, 0.05) is 61.3 Å². The zero-order valence-electron chi connectivity index (χ0n) is 56.0. The number of carboxylic acid groups (broad SMARTS) is 1. The first-order valence-corrected chi connectivity index (χ1v) is 32.4. The number of imidazole rings is 1. The molecule has 101 heavy (non-hydrogen) atoms. The van der Waals surface area contributed by atoms with Gasteiger partial charge >= 0.3 is 5.97 Å². The number of hydrogen-bond acceptors (Lipinski definition) is 22. The molecular weight excluding hydrogens is 1330 g/mol. The number of aromatic amines is 2. The number of guanidine groups is 1. The first kappa shape index (κ1) is 81.3. The third-order valence-corrected chi connectivity index (χ3v) is 16.6. The van der Waals surface area contributed by atoms with Gasteiger partial charge in [-0.05, 0) is 74.8 Å². The van der Waals surface area contributed by atoms with Crippen LogP contribution in [0, 0.1) is 5.92 Å². The maximum atomic E-state index is 14.7. The molecule has 2 aromatic carbocycles. The number of amides is 11. The molecule has 1 aliphatic rings. The fraction of sp³-hybridized carbons (Fsp3) is 0.524. The van der Waals surface area contributed by atoms with Crippen molar-refractivity contribution in [2.24, 2.45) is 28.1 Å². The second-order valence-corrected chi connectivity index (χ2v) is 24.3. The average molecular weight is 1420 g/mol. The van der Waals surface area contributed by atoms with Gasteiger partial charge in [0.2, 0.25) is 65.0 Å². The van der Waals surface area contributed by atoms with E-state index in [-0.39, 0.29) is 75.4 Å². The number of hydrogen-bond donors (Lipinski definition) is 23. The Morgan fingerprint density at radius 2 is 1.11 bits per heavy atom. The average Bonchev–Trinajstić information content (AvgIpc) is 1.73. The van der Waals surface area contributed by atoms with E-state index in [1.165, 1.54) is 36.8 Å². The quantitative estimate of drug-likeness (QED) is 0.0112. The van der Waals surface area contributed by atoms with E-state index in [4.69, 9.17) is 17.2 Å². The summed E-state index contributed by atoms with van der Waals surface area (Å²) in [5, 5.41) is 106. The van der Waals surface area contributed by atoms with Crippen LogP contribution < -0.4 is 70.4 Å². The predicted molar refractivity (Wildman–Crippen MR) is 357 cm³/mol. The van der Waals surface area contributed by atoms with E-state index in [1.807, 2.05) is 0 Å². The van der Waals surface area contributed by atoms with Crippen LogP contribution in [0.25, 0.3) is 10.9 Å². The molecule has 554 valence electrons. The van der Waals surface area contributed by atoms with E-state index in [1.54, 1.807) is 44.3 Å². The van der Waals surface area contributed by atoms with Crippen molar-refractivity contribution in [3.05, 3.63) is 84.1 Å². The summed E-state index contributed by atoms with van der Waals surface area (Å²) in [5.74, 6) is -14.3. The number of H-pyrrole nitrogens is 2. The molecule has 0 unspecified atom stereocenters. The Bertz CT molecular complexity index is 3520. The minimum atomic E-state index is -1.90. The lowest BCUT2D eigenvalue weighted by Gasteiger charge is -2.32. The van der Waals surface area contributed by atoms with Crippen LogP contribution in [0.15, 0.2) is 72.2 Å². The number of aliphatic hydroxyl groups excluding tert-OH is 6. The number of carbonyl (C=O) groups excluding carboxylic acids is 11. The number of nitrogens with two attached hydrogens (primary N) is 3. The van der Waals surface area contributed by atoms with Crippen LogP contribution in [0.1, 0.15) is 76.6 Å². The topological polar surface area (TPSA) is 625 Å². The molecule has 26 N–H and O–H groups in total. The van der Waals surface area contributed by atoms with Gasteiger partial charge in [-0.1, -0.05) is 50.6 Å². The normalized spacial score (nSPS) is 16.9. The monoisotopic (exact) mass is 1420 g/mol. The molecule has 5 rings (SSSR count). The molecule has 0 aliphatic carbocycles. The highest BCUT2D eigenvalue weighted by molar-refractivity contribution is 6.00. The maximum absolute atomic E-state index is 14.7. The number of carbonyl (C=O) groups is 12. The van der Waals surface area contributed by atoms with Crippen molar-refractivity contribution in [1.82, 2.24) is 73.0 Å². The molecule has 38 heteroatoms. The number of aromatic hydroxyl groups is 1. The van der Waals surface area contributed by atoms with Gasteiger partial charge in [-0.3, -0.25) is 57.7 Å². The number of aromatic nitrogens is 3. The summed E-state index contributed by atoms with van der Waals surface area (Å²) >= 11 is 0. The molecule has 1 saturated heterocycles. The predicted octanol–water partition coefficient (Wildman–Crippen LogP) is -8.29. The molecule has 2 aromatic heterocycles. The Balaban J connectivity index is 1.35. The van der Waals surface area contributed by atoms with Crippen molar-refractivity contribution >= 4 is 87.8 Å². The zero-order chi connectivity index (χ0) is 74.8. The number of para-hydroxylation sites is 1. The van der Waals surface area contributed by atoms with Gasteiger partial charge in [-0.2, -0.15) is 0 Å². The fourth-order valence-corrected chi connectivity index (χ4v) is 10.7. The molecule has 0 saturated carbocycles. The number of phenols is 1. The lowest BCUT2D eigenvalue weighted by molar-refractivity contribution is -0.145. The molecular formula is C63H92N18O20. The molecule has 1 aliphatic heterocycles. The Hall–Kier alpha value is -10.4. The third-order valence-electron chi connectivity index (χ3n) is 16.6. The van der Waals surface area contributed by atoms with Crippen LogP contribution in [0.5, 0.6) is 5.75 Å². The SMILES string of the molecule is CC[C@H](C)[C@H](NC(=O)[C@@H](N)CO)C(=O)N[C@@H](CO)C(=O)N[C@@H](CO)C(=O)N[C@H](C(=O)N1CCC[C@H]1C(=O)N[C@@H](CCCN=C(N)N)C(=O)N[C@@H](CO)C(=O)N[C@@H](Cc1ccc(O)cc1)C(=O)N[C@@H](Cc1cnc[nH]1)C(=O)N[C@@H](Cc1c[nH]c2ccccc12)C(=O)N[C@H](C(=O)O)[C@@H](C)O)[C@@H](C)O. The summed E-state index contributed by atoms with van der Waals surface area (Å²) in [6.07, 6.45) is 0.124. The van der Waals surface area contributed by atoms with E-state index >= 15 is 0 Å². The third kappa shape index (κ3) is 23.9. The number of rotatable bonds is 40. The number of benzene rings is 2. The molecule has 3 heterocycles. The second-order valence-electron chi connectivity index (χ2n) is 24.3. The van der Waals surface area contributed by atoms with Crippen molar-refractivity contribution in [3.8, 4) is 5.75 Å². The molecule has 4 aromatic rings. The number of nitrogens with zero attached hydrogens (tertiary/aromatic N) is 3. The van der Waals surface area contributed by atoms with Crippen LogP contribution in [0.4, 0.5) is 0 Å². The van der Waals surface area contributed by atoms with E-state index < -0.39 is 188 Å². The first-order chi connectivity index (χ1) is 47.9. The highest BCUT2D eigenvalue weighted by Crippen LogP contribution is 2.22. The van der Waals surface area contributed by atoms with Gasteiger partial charge in [0.25, 0.3) is 0 Å². The maximum Gasteiger partial charge on any atom is 0.328 e. The molecule has 1 fully saturated rings. The summed E-state index contributed by atoms with van der Waals surface area (Å²) in [5.41, 5.74) is 18.4. The van der Waals surface area contributed by atoms with Crippen molar-refractivity contribution in [2.45, 2.75) is 164 Å². The highest BCUT2D eigenvalue weighted by atomic mass is 16.4. The first-order valence-electron chi connectivity index (χ1n) is 32.4. The van der Waals surface area contributed by atoms with Crippen molar-refractivity contribution in [3.63, 3.8) is 0 Å². The van der Waals surface area contributed by atoms with Crippen LogP contribution in [0.3, 0.4) is 0 Å². The highest BCUT2D eigenvalue weighted by Gasteiger charge is 2.43. The van der Waals surface area contributed by atoms with Crippen molar-refractivity contribution in [2.75, 3.05) is 39.5 Å². The van der Waals surface area contributed by atoms with Crippen LogP contribution >= 0.6 is 0 Å². The largest absolute Gasteiger partial charge is 0.508 e. The number of aliphatic carboxylic acids is 1. The molecule has 0 bridgehead atoms. The van der Waals surface area contributed by atoms with Crippen molar-refractivity contribution < 1.29 is 98.4 Å². The molecule has 38 nitrogen and oxygen atoms in total. The second kappa shape index (κ2) is 39.4. The van der Waals surface area contributed by atoms with E-state index in [0.29, 0.717) is 28.5 Å². The standard InChI is InChI=1S/C63H92N18O20/c1-5-30(2)48(78-51(89)38(64)25-82)60(98)77-45(27-84)57(95)76-46(28-85)58(96)79-49(31(3)86)61(99)81-19-9-13-47(81)59(97)71-40(12-8-18-68-63(65)66)52(90)75-44(26-83)56(94)72-41(20-33-14-16-36(88)17-15-33)53(91)74-43(22-35-24-67-29-70-35)54(92)73-42(55(93)80-50(32(4)87)62(100)101)21-34-23-69-39-11-7-6-10-37(34)39/h6-7,10-11,14-17,23-24,29-32,38,40-50,69,82-88H,5,8-9,12-13,18-22,25-28,64H2,1-4H3,(H,67,70)(H,71,97)(H,72,94)(H,73,92)(H,74,91)(H,75,90)(H,76,95)(H,77,98)(H,78,89)(H,79,96)(H,80,93)(H,100,101)(H4,65,66,68)/t30-,31+,32+,38-,40-,41-,42-,43-,44-,45-,46-,47-,48-,49-,50-/m0/s1. The number of fused-ring (bicyclic) bond motifs is 1. The van der Waals surface area contributed by atoms with Crippen LogP contribution in [0.2, 0.25) is 0 Å². The van der Waals surface area contributed by atoms with Crippen LogP contribution in [-0.4, -0.2) is 262 Å². The minimum absolute atomic E-state index is 0.0115. The van der Waals surface area contributed by atoms with Gasteiger partial charge in [0.15, 0.2) is 12.0 Å². The van der Waals surface area contributed by atoms with Gasteiger partial charge in [0.05, 0.1) is 45.0 Å². The zero-order valence-corrected chi connectivity index (χ0v) is 56.0. The number of aliphatic imine (C=N–C) groups is 1. The summed E-state index contributed by atoms with van der Waals surface area (Å²) < 4.78 is 0. The Morgan fingerprint density at radius 1 is 0.604 bits per heavy atom. The van der Waals surface area contributed by atoms with Gasteiger partial charge in [-0.25, -0.2) is 9.78 Å². The number of aliphatic hydroxyl groups is 6. The van der Waals surface area contributed by atoms with Gasteiger partial charge in [0.1, 0.15) is 72.2 Å². The lowest BCUT2D eigenvalue weighted by atomic mass is 9.97. The minimum Gasteiger partial charge on any atom is -0.508 e. The van der Waals surface area contributed by atoms with Crippen molar-refractivity contribution in [1.29, 1.82) is 0 Å². The Labute approximate surface area is 578 Å². The van der Waals surface area contributed by atoms with E-state index in [0.717, 1.165) is 18.7 Å². The molecule has 15 atom stereocenters. The number of phenolic OH excluding ortho intramolecular Hbond substituents is 1. The smallest absolute Gasteiger partial charge is 0.328 e. The van der Waals surface area contributed by atoms with E-state index in [9.17, 15) is 98.4 Å². The number of nitrogens with one attached hydrogen (secondary N) is 12. The summed E-state index contributed by atoms with van der Waals surface area (Å²) in [4.78, 5) is 181. The van der Waals surface area contributed by atoms with Gasteiger partial charge < -0.3 is 126 Å². The molecule has 0 radical (unpaired) electrons. The molecule has 0 spiro atoms. The van der Waals surface area contributed by atoms with Crippen LogP contribution in [-0.2, 0) is 76.8 Å². The van der Waals surface area contributed by atoms with E-state index in [2.05, 4.69) is 73.1 Å².